The number of hydrogen-bond acceptors (Lipinski definition) is 3. The van der Waals surface area contributed by atoms with Crippen molar-refractivity contribution in [1.82, 2.24) is 0 Å². The van der Waals surface area contributed by atoms with E-state index in [1.54, 1.807) is 6.08 Å². The molecule has 1 aromatic carbocycles. The Labute approximate surface area is 74.0 Å². The summed E-state index contributed by atoms with van der Waals surface area (Å²) < 4.78 is 0. The van der Waals surface area contributed by atoms with Crippen LogP contribution in [0.2, 0.25) is 0 Å². The van der Waals surface area contributed by atoms with E-state index in [9.17, 15) is 4.79 Å². The van der Waals surface area contributed by atoms with Crippen LogP contribution in [0.4, 0.5) is 11.4 Å². The van der Waals surface area contributed by atoms with Gasteiger partial charge >= 0.3 is 0 Å². The van der Waals surface area contributed by atoms with Crippen LogP contribution in [0.3, 0.4) is 0 Å². The lowest BCUT2D eigenvalue weighted by molar-refractivity contribution is -0.110. The summed E-state index contributed by atoms with van der Waals surface area (Å²) in [6, 6.07) is 3.84. The van der Waals surface area contributed by atoms with E-state index in [4.69, 9.17) is 0 Å². The van der Waals surface area contributed by atoms with Crippen LogP contribution in [0.1, 0.15) is 0 Å². The number of anilines is 2. The molecule has 1 amide bonds. The summed E-state index contributed by atoms with van der Waals surface area (Å²) in [5.74, 6) is -0.0568. The van der Waals surface area contributed by atoms with Crippen LogP contribution < -0.4 is 21.2 Å². The summed E-state index contributed by atoms with van der Waals surface area (Å²) in [6.07, 6.45) is 1.59. The Morgan fingerprint density at radius 1 is 1.31 bits per heavy atom. The molecule has 4 nitrogen and oxygen atoms in total. The molecule has 0 aliphatic carbocycles. The average Bonchev–Trinajstić information content (AvgIpc) is 2.63. The maximum Gasteiger partial charge on any atom is 0.249 e. The van der Waals surface area contributed by atoms with Crippen LogP contribution in [0.15, 0.2) is 17.1 Å². The highest BCUT2D eigenvalue weighted by Crippen LogP contribution is 2.08. The number of amides is 1. The third-order valence-electron chi connectivity index (χ3n) is 2.23. The first-order valence-electron chi connectivity index (χ1n) is 4.08. The number of rotatable bonds is 0. The fourth-order valence-corrected chi connectivity index (χ4v) is 1.62. The Kier molecular flexibility index (Phi) is 1.07. The molecule has 0 radical (unpaired) electrons. The topological polar surface area (TPSA) is 53.5 Å². The van der Waals surface area contributed by atoms with Gasteiger partial charge in [-0.2, -0.15) is 0 Å². The van der Waals surface area contributed by atoms with Gasteiger partial charge in [0.05, 0.1) is 16.7 Å². The molecule has 2 aliphatic rings. The smallest absolute Gasteiger partial charge is 0.249 e. The highest BCUT2D eigenvalue weighted by molar-refractivity contribution is 6.16. The summed E-state index contributed by atoms with van der Waals surface area (Å²) in [5.41, 5.74) is 1.86. The predicted octanol–water partition coefficient (Wildman–Crippen LogP) is -0.578. The molecule has 0 atom stereocenters. The van der Waals surface area contributed by atoms with E-state index < -0.39 is 0 Å². The van der Waals surface area contributed by atoms with Gasteiger partial charge < -0.3 is 10.6 Å². The van der Waals surface area contributed by atoms with E-state index in [0.29, 0.717) is 6.67 Å². The molecule has 2 N–H and O–H groups in total. The molecule has 3 rings (SSSR count). The SMILES string of the molecule is O=C1C=c2cc3c(cc2N1)=NCN3. The molecule has 0 aromatic heterocycles. The number of carbonyl (C=O) groups excluding carboxylic acids is 1. The monoisotopic (exact) mass is 173 g/mol. The van der Waals surface area contributed by atoms with E-state index >= 15 is 0 Å². The van der Waals surface area contributed by atoms with Crippen LogP contribution >= 0.6 is 0 Å². The van der Waals surface area contributed by atoms with Gasteiger partial charge in [-0.15, -0.1) is 0 Å². The Bertz CT molecular complexity index is 518. The first-order chi connectivity index (χ1) is 6.33. The minimum Gasteiger partial charge on any atom is -0.364 e. The van der Waals surface area contributed by atoms with Gasteiger partial charge in [-0.05, 0) is 12.1 Å². The molecule has 64 valence electrons. The molecule has 0 saturated carbocycles. The average molecular weight is 173 g/mol. The fraction of sp³-hybridized carbons (Fsp3) is 0.111. The van der Waals surface area contributed by atoms with E-state index in [2.05, 4.69) is 15.6 Å². The number of nitrogens with one attached hydrogen (secondary N) is 2. The lowest BCUT2D eigenvalue weighted by atomic mass is 10.2. The van der Waals surface area contributed by atoms with Crippen molar-refractivity contribution in [2.75, 3.05) is 17.3 Å². The third-order valence-corrected chi connectivity index (χ3v) is 2.23. The highest BCUT2D eigenvalue weighted by atomic mass is 16.1. The lowest BCUT2D eigenvalue weighted by Crippen LogP contribution is -2.11. The second-order valence-corrected chi connectivity index (χ2v) is 3.08. The van der Waals surface area contributed by atoms with Gasteiger partial charge in [0.1, 0.15) is 6.67 Å². The normalized spacial score (nSPS) is 16.5. The lowest BCUT2D eigenvalue weighted by Gasteiger charge is -1.97. The van der Waals surface area contributed by atoms with Crippen molar-refractivity contribution in [1.29, 1.82) is 0 Å². The van der Waals surface area contributed by atoms with Crippen molar-refractivity contribution in [3.8, 4) is 0 Å². The third kappa shape index (κ3) is 0.853. The number of fused-ring (bicyclic) bond motifs is 2. The van der Waals surface area contributed by atoms with Gasteiger partial charge in [-0.3, -0.25) is 9.79 Å². The quantitative estimate of drug-likeness (QED) is 0.551. The van der Waals surface area contributed by atoms with E-state index in [-0.39, 0.29) is 5.91 Å². The first-order valence-corrected chi connectivity index (χ1v) is 4.08. The summed E-state index contributed by atoms with van der Waals surface area (Å²) >= 11 is 0. The van der Waals surface area contributed by atoms with Gasteiger partial charge in [-0.25, -0.2) is 0 Å². The van der Waals surface area contributed by atoms with Crippen LogP contribution in [0.5, 0.6) is 0 Å². The zero-order valence-electron chi connectivity index (χ0n) is 6.79. The molecule has 2 aliphatic heterocycles. The molecule has 4 heteroatoms. The van der Waals surface area contributed by atoms with Gasteiger partial charge in [0.2, 0.25) is 5.91 Å². The maximum absolute atomic E-state index is 11.0. The standard InChI is InChI=1S/C9H7N3O/c13-9-2-5-1-7-8(11-4-10-7)3-6(5)12-9/h1-3,10H,4H2,(H,12,13). The van der Waals surface area contributed by atoms with Gasteiger partial charge in [-0.1, -0.05) is 0 Å². The minimum atomic E-state index is -0.0568. The Balaban J connectivity index is 2.36. The van der Waals surface area contributed by atoms with Crippen LogP contribution in [-0.2, 0) is 4.79 Å². The van der Waals surface area contributed by atoms with E-state index in [1.165, 1.54) is 0 Å². The zero-order valence-corrected chi connectivity index (χ0v) is 6.79. The molecule has 0 bridgehead atoms. The number of nitrogens with zero attached hydrogens (tertiary/aromatic N) is 1. The van der Waals surface area contributed by atoms with Gasteiger partial charge in [0.25, 0.3) is 0 Å². The van der Waals surface area contributed by atoms with Crippen molar-refractivity contribution in [2.45, 2.75) is 0 Å². The van der Waals surface area contributed by atoms with Gasteiger partial charge in [0.15, 0.2) is 0 Å². The first kappa shape index (κ1) is 6.65. The Morgan fingerprint density at radius 3 is 3.15 bits per heavy atom. The zero-order chi connectivity index (χ0) is 8.84. The second kappa shape index (κ2) is 2.10. The number of hydrogen-bond donors (Lipinski definition) is 2. The Hall–Kier alpha value is -1.84. The van der Waals surface area contributed by atoms with Crippen LogP contribution in [0.25, 0.3) is 6.08 Å². The molecule has 2 heterocycles. The Morgan fingerprint density at radius 2 is 2.23 bits per heavy atom. The summed E-state index contributed by atoms with van der Waals surface area (Å²) in [5, 5.41) is 7.73. The molecular formula is C9H7N3O. The van der Waals surface area contributed by atoms with Crippen LogP contribution in [0, 0.1) is 0 Å². The summed E-state index contributed by atoms with van der Waals surface area (Å²) in [7, 11) is 0. The predicted molar refractivity (Wildman–Crippen MR) is 48.8 cm³/mol. The molecule has 0 fully saturated rings. The largest absolute Gasteiger partial charge is 0.364 e. The highest BCUT2D eigenvalue weighted by Gasteiger charge is 2.12. The van der Waals surface area contributed by atoms with Crippen molar-refractivity contribution < 1.29 is 4.79 Å². The summed E-state index contributed by atoms with van der Waals surface area (Å²) in [6.45, 7) is 0.631. The molecule has 0 saturated heterocycles. The number of carbonyl (C=O) groups is 1. The van der Waals surface area contributed by atoms with Crippen molar-refractivity contribution in [3.63, 3.8) is 0 Å². The molecule has 13 heavy (non-hydrogen) atoms. The fourth-order valence-electron chi connectivity index (χ4n) is 1.62. The maximum atomic E-state index is 11.0. The molecule has 1 aromatic rings. The molecular weight excluding hydrogens is 166 g/mol. The van der Waals surface area contributed by atoms with Crippen molar-refractivity contribution in [2.24, 2.45) is 4.99 Å². The van der Waals surface area contributed by atoms with Crippen molar-refractivity contribution >= 4 is 23.4 Å². The minimum absolute atomic E-state index is 0.0568. The van der Waals surface area contributed by atoms with E-state index in [1.807, 2.05) is 12.1 Å². The van der Waals surface area contributed by atoms with Gasteiger partial charge in [0, 0.05) is 11.3 Å². The molecule has 0 spiro atoms. The van der Waals surface area contributed by atoms with Crippen molar-refractivity contribution in [3.05, 3.63) is 22.7 Å². The second-order valence-electron chi connectivity index (χ2n) is 3.08. The molecule has 0 unspecified atom stereocenters. The van der Waals surface area contributed by atoms with Crippen LogP contribution in [-0.4, -0.2) is 12.6 Å². The summed E-state index contributed by atoms with van der Waals surface area (Å²) in [4.78, 5) is 15.2. The number of benzene rings is 1. The van der Waals surface area contributed by atoms with E-state index in [0.717, 1.165) is 22.0 Å².